The molecule has 4 rings (SSSR count). The van der Waals surface area contributed by atoms with Crippen LogP contribution in [-0.2, 0) is 4.74 Å². The Labute approximate surface area is 222 Å². The molecule has 1 aromatic heterocycles. The Hall–Kier alpha value is -3.21. The van der Waals surface area contributed by atoms with Gasteiger partial charge in [-0.25, -0.2) is 0 Å². The van der Waals surface area contributed by atoms with Gasteiger partial charge in [-0.2, -0.15) is 0 Å². The topological polar surface area (TPSA) is 103 Å². The molecule has 0 saturated carbocycles. The Morgan fingerprint density at radius 3 is 2.56 bits per heavy atom. The van der Waals surface area contributed by atoms with E-state index in [1.165, 1.54) is 0 Å². The van der Waals surface area contributed by atoms with Gasteiger partial charge < -0.3 is 20.5 Å². The number of aromatic nitrogens is 1. The van der Waals surface area contributed by atoms with Crippen molar-refractivity contribution in [2.45, 2.75) is 31.8 Å². The van der Waals surface area contributed by atoms with E-state index in [4.69, 9.17) is 15.2 Å². The zero-order chi connectivity index (χ0) is 26.2. The lowest BCUT2D eigenvalue weighted by Gasteiger charge is -2.25. The van der Waals surface area contributed by atoms with Crippen LogP contribution in [0.15, 0.2) is 63.3 Å². The summed E-state index contributed by atoms with van der Waals surface area (Å²) in [5.41, 5.74) is 9.59. The van der Waals surface area contributed by atoms with Crippen LogP contribution in [-0.4, -0.2) is 41.6 Å². The molecule has 2 heterocycles. The molecule has 0 radical (unpaired) electrons. The first-order chi connectivity index (χ1) is 17.4. The maximum Gasteiger partial charge on any atom is 0.264 e. The molecule has 10 heteroatoms. The van der Waals surface area contributed by atoms with Crippen molar-refractivity contribution in [3.63, 3.8) is 0 Å². The highest BCUT2D eigenvalue weighted by molar-refractivity contribution is 7.98. The number of hydrogen-bond donors (Lipinski definition) is 4. The minimum Gasteiger partial charge on any atom is -0.470 e. The van der Waals surface area contributed by atoms with Gasteiger partial charge in [0.2, 0.25) is 0 Å². The second-order valence-electron chi connectivity index (χ2n) is 7.40. The summed E-state index contributed by atoms with van der Waals surface area (Å²) in [6, 6.07) is 14.3. The van der Waals surface area contributed by atoms with Crippen LogP contribution < -0.4 is 21.3 Å². The highest BCUT2D eigenvalue weighted by Crippen LogP contribution is 2.34. The van der Waals surface area contributed by atoms with Gasteiger partial charge in [0.25, 0.3) is 5.56 Å². The number of thiol groups is 2. The van der Waals surface area contributed by atoms with Crippen molar-refractivity contribution < 1.29 is 9.47 Å². The molecule has 8 nitrogen and oxygen atoms in total. The summed E-state index contributed by atoms with van der Waals surface area (Å²) in [6.45, 7) is 6.39. The van der Waals surface area contributed by atoms with Crippen LogP contribution in [0.3, 0.4) is 0 Å². The SMILES string of the molecule is CC.CCOC1C=Nc2cc(-c3ccc(N)c(C=NC)c3)c(=O)n(-c3ccc(OC(S)S)cc3)c2N1. The van der Waals surface area contributed by atoms with E-state index < -0.39 is 11.0 Å². The number of fused-ring (bicyclic) bond motifs is 1. The first-order valence-electron chi connectivity index (χ1n) is 11.6. The van der Waals surface area contributed by atoms with Crippen LogP contribution >= 0.6 is 25.3 Å². The second-order valence-corrected chi connectivity index (χ2v) is 8.75. The Bertz CT molecular complexity index is 1300. The first kappa shape index (κ1) is 27.4. The highest BCUT2D eigenvalue weighted by atomic mass is 32.2. The fraction of sp³-hybridized carbons (Fsp3) is 0.269. The summed E-state index contributed by atoms with van der Waals surface area (Å²) in [6.07, 6.45) is 2.89. The van der Waals surface area contributed by atoms with Crippen LogP contribution in [0, 0.1) is 0 Å². The van der Waals surface area contributed by atoms with Crippen molar-refractivity contribution in [2.24, 2.45) is 9.98 Å². The van der Waals surface area contributed by atoms with Gasteiger partial charge in [-0.15, -0.1) is 25.3 Å². The maximum absolute atomic E-state index is 13.8. The monoisotopic (exact) mass is 525 g/mol. The van der Waals surface area contributed by atoms with E-state index in [9.17, 15) is 4.79 Å². The van der Waals surface area contributed by atoms with Gasteiger partial charge in [0, 0.05) is 36.7 Å². The molecular weight excluding hydrogens is 494 g/mol. The van der Waals surface area contributed by atoms with E-state index in [-0.39, 0.29) is 5.56 Å². The van der Waals surface area contributed by atoms with Crippen molar-refractivity contribution in [1.82, 2.24) is 4.57 Å². The highest BCUT2D eigenvalue weighted by Gasteiger charge is 2.22. The van der Waals surface area contributed by atoms with E-state index >= 15 is 0 Å². The van der Waals surface area contributed by atoms with Crippen molar-refractivity contribution in [3.8, 4) is 22.6 Å². The lowest BCUT2D eigenvalue weighted by atomic mass is 10.0. The third-order valence-electron chi connectivity index (χ3n) is 5.16. The average molecular weight is 526 g/mol. The van der Waals surface area contributed by atoms with Crippen LogP contribution in [0.1, 0.15) is 26.3 Å². The van der Waals surface area contributed by atoms with Gasteiger partial charge in [0.1, 0.15) is 17.3 Å². The number of nitrogens with zero attached hydrogens (tertiary/aromatic N) is 3. The number of nitrogens with one attached hydrogen (secondary N) is 1. The number of benzene rings is 2. The average Bonchev–Trinajstić information content (AvgIpc) is 2.87. The Kier molecular flexibility index (Phi) is 9.63. The van der Waals surface area contributed by atoms with Crippen molar-refractivity contribution in [2.75, 3.05) is 24.7 Å². The lowest BCUT2D eigenvalue weighted by Crippen LogP contribution is -2.32. The minimum absolute atomic E-state index is 0.224. The molecule has 0 spiro atoms. The molecule has 3 N–H and O–H groups in total. The molecule has 3 aromatic rings. The van der Waals surface area contributed by atoms with Gasteiger partial charge >= 0.3 is 0 Å². The lowest BCUT2D eigenvalue weighted by molar-refractivity contribution is 0.130. The number of pyridine rings is 1. The van der Waals surface area contributed by atoms with Crippen molar-refractivity contribution >= 4 is 54.9 Å². The Morgan fingerprint density at radius 1 is 1.19 bits per heavy atom. The molecule has 0 saturated heterocycles. The van der Waals surface area contributed by atoms with Gasteiger partial charge in [-0.05, 0) is 55.0 Å². The van der Waals surface area contributed by atoms with Crippen LogP contribution in [0.4, 0.5) is 17.2 Å². The zero-order valence-corrected chi connectivity index (χ0v) is 22.5. The van der Waals surface area contributed by atoms with Gasteiger partial charge in [0.05, 0.1) is 11.9 Å². The predicted octanol–water partition coefficient (Wildman–Crippen LogP) is 5.17. The molecule has 1 unspecified atom stereocenters. The summed E-state index contributed by atoms with van der Waals surface area (Å²) >= 11 is 8.26. The molecule has 2 aromatic carbocycles. The predicted molar refractivity (Wildman–Crippen MR) is 156 cm³/mol. The van der Waals surface area contributed by atoms with E-state index in [1.807, 2.05) is 32.9 Å². The van der Waals surface area contributed by atoms with Crippen molar-refractivity contribution in [1.29, 1.82) is 0 Å². The fourth-order valence-electron chi connectivity index (χ4n) is 3.67. The third-order valence-corrected chi connectivity index (χ3v) is 5.37. The number of anilines is 2. The normalized spacial score (nSPS) is 14.2. The van der Waals surface area contributed by atoms with E-state index in [1.54, 1.807) is 60.4 Å². The molecular formula is C26H31N5O3S2. The van der Waals surface area contributed by atoms with Crippen molar-refractivity contribution in [3.05, 3.63) is 64.4 Å². The maximum atomic E-state index is 13.8. The minimum atomic E-state index is -0.556. The standard InChI is InChI=1S/C24H25N5O3S2.C2H6/c1-3-31-21-13-27-20-11-18(14-4-9-19(25)15(10-14)12-26-2)23(30)29(22(20)28-21)16-5-7-17(8-6-16)32-24(33)34;1-2/h4-13,21,24,28,33-34H,3,25H2,1-2H3;1-2H3. The Morgan fingerprint density at radius 2 is 1.92 bits per heavy atom. The molecule has 36 heavy (non-hydrogen) atoms. The number of aliphatic imine (C=N–C) groups is 2. The zero-order valence-electron chi connectivity index (χ0n) is 20.7. The number of ether oxygens (including phenoxy) is 2. The summed E-state index contributed by atoms with van der Waals surface area (Å²) in [7, 11) is 1.67. The largest absolute Gasteiger partial charge is 0.470 e. The number of hydrogen-bond acceptors (Lipinski definition) is 9. The van der Waals surface area contributed by atoms with Crippen LogP contribution in [0.2, 0.25) is 0 Å². The van der Waals surface area contributed by atoms with Gasteiger partial charge in [0.15, 0.2) is 11.0 Å². The van der Waals surface area contributed by atoms with Crippen LogP contribution in [0.5, 0.6) is 5.75 Å². The molecule has 0 amide bonds. The quantitative estimate of drug-likeness (QED) is 0.147. The Balaban J connectivity index is 0.00000176. The van der Waals surface area contributed by atoms with Gasteiger partial charge in [-0.3, -0.25) is 19.3 Å². The number of nitrogens with two attached hydrogens (primary N) is 1. The number of rotatable bonds is 7. The molecule has 1 aliphatic heterocycles. The molecule has 0 aliphatic carbocycles. The molecule has 190 valence electrons. The summed E-state index contributed by atoms with van der Waals surface area (Å²) < 4.78 is 12.2. The smallest absolute Gasteiger partial charge is 0.264 e. The van der Waals surface area contributed by atoms with E-state index in [2.05, 4.69) is 40.6 Å². The summed E-state index contributed by atoms with van der Waals surface area (Å²) in [5.74, 6) is 1.12. The fourth-order valence-corrected chi connectivity index (χ4v) is 3.91. The molecule has 0 fully saturated rings. The van der Waals surface area contributed by atoms with Crippen LogP contribution in [0.25, 0.3) is 16.8 Å². The molecule has 1 aliphatic rings. The number of nitrogen functional groups attached to an aromatic ring is 1. The molecule has 1 atom stereocenters. The second kappa shape index (κ2) is 12.7. The van der Waals surface area contributed by atoms with E-state index in [0.29, 0.717) is 46.4 Å². The first-order valence-corrected chi connectivity index (χ1v) is 12.6. The third kappa shape index (κ3) is 6.13. The van der Waals surface area contributed by atoms with E-state index in [0.717, 1.165) is 5.56 Å². The summed E-state index contributed by atoms with van der Waals surface area (Å²) in [4.78, 5) is 22.5. The van der Waals surface area contributed by atoms with Gasteiger partial charge in [-0.1, -0.05) is 19.9 Å². The summed E-state index contributed by atoms with van der Waals surface area (Å²) in [5, 5.41) is 3.27. The molecule has 0 bridgehead atoms.